The zero-order chi connectivity index (χ0) is 27.1. The predicted molar refractivity (Wildman–Crippen MR) is 141 cm³/mol. The SMILES string of the molecule is CCN1C2=C(C(=O)CCC2)C(c2ccc(Oc3ccc([N+](=O)[O-])cc3[N+](=O)[O-])c(Br)c2)C2=C1CCCC2=O. The van der Waals surface area contributed by atoms with E-state index in [0.717, 1.165) is 54.8 Å². The van der Waals surface area contributed by atoms with Crippen LogP contribution in [-0.2, 0) is 9.59 Å². The van der Waals surface area contributed by atoms with Crippen molar-refractivity contribution in [2.24, 2.45) is 0 Å². The van der Waals surface area contributed by atoms with Crippen molar-refractivity contribution in [3.05, 3.63) is 89.2 Å². The third kappa shape index (κ3) is 4.40. The van der Waals surface area contributed by atoms with Crippen LogP contribution < -0.4 is 4.74 Å². The lowest BCUT2D eigenvalue weighted by molar-refractivity contribution is -0.394. The Hall–Kier alpha value is -3.86. The standard InChI is InChI=1S/C27H24BrN3O7/c1-2-29-18-5-3-7-21(32)26(18)25(27-19(29)6-4-8-22(27)33)15-9-11-23(17(28)13-15)38-24-12-10-16(30(34)35)14-20(24)31(36)37/h9-14,25H,2-8H2,1H3. The number of hydrogen-bond acceptors (Lipinski definition) is 8. The molecule has 0 amide bonds. The molecule has 3 aliphatic rings. The number of ketones is 2. The first-order valence-corrected chi connectivity index (χ1v) is 13.2. The van der Waals surface area contributed by atoms with Gasteiger partial charge in [-0.15, -0.1) is 0 Å². The quantitative estimate of drug-likeness (QED) is 0.279. The van der Waals surface area contributed by atoms with E-state index in [-0.39, 0.29) is 23.1 Å². The summed E-state index contributed by atoms with van der Waals surface area (Å²) in [5.41, 5.74) is 3.16. The second kappa shape index (κ2) is 10.1. The molecule has 10 nitrogen and oxygen atoms in total. The normalized spacial score (nSPS) is 17.9. The van der Waals surface area contributed by atoms with Crippen LogP contribution in [0.5, 0.6) is 11.5 Å². The Kier molecular flexibility index (Phi) is 6.87. The van der Waals surface area contributed by atoms with E-state index < -0.39 is 27.1 Å². The topological polar surface area (TPSA) is 133 Å². The minimum absolute atomic E-state index is 0.0533. The molecule has 0 bridgehead atoms. The van der Waals surface area contributed by atoms with Gasteiger partial charge in [0.05, 0.1) is 20.4 Å². The molecule has 0 unspecified atom stereocenters. The lowest BCUT2D eigenvalue weighted by Crippen LogP contribution is -2.39. The van der Waals surface area contributed by atoms with Crippen LogP contribution in [0.1, 0.15) is 56.9 Å². The van der Waals surface area contributed by atoms with Crippen molar-refractivity contribution in [3.63, 3.8) is 0 Å². The van der Waals surface area contributed by atoms with Crippen LogP contribution >= 0.6 is 15.9 Å². The second-order valence-electron chi connectivity index (χ2n) is 9.41. The number of benzene rings is 2. The van der Waals surface area contributed by atoms with Crippen LogP contribution in [0, 0.1) is 20.2 Å². The first-order valence-electron chi connectivity index (χ1n) is 12.4. The Morgan fingerprint density at radius 3 is 2.03 bits per heavy atom. The molecule has 0 aromatic heterocycles. The van der Waals surface area contributed by atoms with Crippen molar-refractivity contribution in [1.29, 1.82) is 0 Å². The summed E-state index contributed by atoms with van der Waals surface area (Å²) in [5, 5.41) is 22.6. The number of carbonyl (C=O) groups excluding carboxylic acids is 2. The van der Waals surface area contributed by atoms with Crippen molar-refractivity contribution in [2.75, 3.05) is 6.54 Å². The van der Waals surface area contributed by atoms with Gasteiger partial charge in [-0.25, -0.2) is 0 Å². The third-order valence-electron chi connectivity index (χ3n) is 7.26. The van der Waals surface area contributed by atoms with Gasteiger partial charge in [0, 0.05) is 53.9 Å². The van der Waals surface area contributed by atoms with E-state index in [1.807, 2.05) is 6.92 Å². The molecule has 2 aliphatic carbocycles. The number of nitro groups is 2. The molecule has 2 aromatic rings. The number of halogens is 1. The van der Waals surface area contributed by atoms with Gasteiger partial charge in [0.15, 0.2) is 11.6 Å². The molecule has 1 aliphatic heterocycles. The van der Waals surface area contributed by atoms with E-state index >= 15 is 0 Å². The van der Waals surface area contributed by atoms with Crippen LogP contribution in [0.4, 0.5) is 11.4 Å². The lowest BCUT2D eigenvalue weighted by atomic mass is 9.71. The fourth-order valence-electron chi connectivity index (χ4n) is 5.68. The Labute approximate surface area is 226 Å². The molecule has 2 aromatic carbocycles. The minimum atomic E-state index is -0.739. The molecule has 0 saturated carbocycles. The van der Waals surface area contributed by atoms with Gasteiger partial charge in [0.1, 0.15) is 5.75 Å². The summed E-state index contributed by atoms with van der Waals surface area (Å²) in [6.45, 7) is 2.73. The van der Waals surface area contributed by atoms with E-state index in [4.69, 9.17) is 4.74 Å². The molecule has 196 valence electrons. The van der Waals surface area contributed by atoms with Gasteiger partial charge >= 0.3 is 5.69 Å². The van der Waals surface area contributed by atoms with Gasteiger partial charge in [-0.05, 0) is 72.3 Å². The van der Waals surface area contributed by atoms with Gasteiger partial charge in [-0.2, -0.15) is 0 Å². The highest BCUT2D eigenvalue weighted by Crippen LogP contribution is 2.50. The van der Waals surface area contributed by atoms with Crippen LogP contribution in [-0.4, -0.2) is 32.9 Å². The van der Waals surface area contributed by atoms with Crippen molar-refractivity contribution in [2.45, 2.75) is 51.4 Å². The van der Waals surface area contributed by atoms with Crippen LogP contribution in [0.15, 0.2) is 63.4 Å². The Morgan fingerprint density at radius 2 is 1.50 bits per heavy atom. The van der Waals surface area contributed by atoms with Gasteiger partial charge in [-0.3, -0.25) is 29.8 Å². The van der Waals surface area contributed by atoms with E-state index in [0.29, 0.717) is 35.0 Å². The first-order chi connectivity index (χ1) is 18.2. The molecule has 0 fully saturated rings. The monoisotopic (exact) mass is 581 g/mol. The van der Waals surface area contributed by atoms with Crippen LogP contribution in [0.3, 0.4) is 0 Å². The van der Waals surface area contributed by atoms with Gasteiger partial charge in [0.2, 0.25) is 5.75 Å². The second-order valence-corrected chi connectivity index (χ2v) is 10.3. The molecular weight excluding hydrogens is 558 g/mol. The number of hydrogen-bond donors (Lipinski definition) is 0. The summed E-state index contributed by atoms with van der Waals surface area (Å²) >= 11 is 3.49. The van der Waals surface area contributed by atoms with E-state index in [9.17, 15) is 29.8 Å². The fraction of sp³-hybridized carbons (Fsp3) is 0.333. The Morgan fingerprint density at radius 1 is 0.895 bits per heavy atom. The largest absolute Gasteiger partial charge is 0.449 e. The molecule has 5 rings (SSSR count). The Bertz CT molecular complexity index is 1420. The molecule has 0 spiro atoms. The van der Waals surface area contributed by atoms with Crippen molar-refractivity contribution in [1.82, 2.24) is 4.90 Å². The molecule has 0 atom stereocenters. The maximum Gasteiger partial charge on any atom is 0.318 e. The van der Waals surface area contributed by atoms with E-state index in [2.05, 4.69) is 20.8 Å². The predicted octanol–water partition coefficient (Wildman–Crippen LogP) is 6.49. The average Bonchev–Trinajstić information content (AvgIpc) is 2.89. The highest BCUT2D eigenvalue weighted by molar-refractivity contribution is 9.10. The number of allylic oxidation sites excluding steroid dienone is 4. The third-order valence-corrected chi connectivity index (χ3v) is 7.88. The van der Waals surface area contributed by atoms with Gasteiger partial charge in [0.25, 0.3) is 5.69 Å². The molecular formula is C27H24BrN3O7. The van der Waals surface area contributed by atoms with Crippen LogP contribution in [0.25, 0.3) is 0 Å². The van der Waals surface area contributed by atoms with Crippen molar-refractivity contribution < 1.29 is 24.2 Å². The van der Waals surface area contributed by atoms with E-state index in [1.165, 1.54) is 6.07 Å². The highest BCUT2D eigenvalue weighted by atomic mass is 79.9. The van der Waals surface area contributed by atoms with Crippen molar-refractivity contribution in [3.8, 4) is 11.5 Å². The molecule has 0 saturated heterocycles. The molecule has 0 radical (unpaired) electrons. The smallest absolute Gasteiger partial charge is 0.318 e. The number of Topliss-reactive ketones (excluding diaryl/α,β-unsaturated/α-hetero) is 2. The summed E-state index contributed by atoms with van der Waals surface area (Å²) in [7, 11) is 0. The Balaban J connectivity index is 1.57. The van der Waals surface area contributed by atoms with Crippen LogP contribution in [0.2, 0.25) is 0 Å². The average molecular weight is 582 g/mol. The molecule has 11 heteroatoms. The number of non-ortho nitro benzene ring substituents is 1. The zero-order valence-electron chi connectivity index (χ0n) is 20.6. The molecule has 1 heterocycles. The number of ether oxygens (including phenoxy) is 1. The summed E-state index contributed by atoms with van der Waals surface area (Å²) < 4.78 is 6.26. The van der Waals surface area contributed by atoms with Crippen molar-refractivity contribution >= 4 is 38.9 Å². The summed E-state index contributed by atoms with van der Waals surface area (Å²) in [6, 6.07) is 8.34. The number of nitro benzene ring substituents is 2. The summed E-state index contributed by atoms with van der Waals surface area (Å²) in [5.74, 6) is -0.270. The zero-order valence-corrected chi connectivity index (χ0v) is 22.2. The fourth-order valence-corrected chi connectivity index (χ4v) is 6.16. The molecule has 0 N–H and O–H groups in total. The summed E-state index contributed by atoms with van der Waals surface area (Å²) in [6.07, 6.45) is 4.00. The minimum Gasteiger partial charge on any atom is -0.449 e. The van der Waals surface area contributed by atoms with E-state index in [1.54, 1.807) is 18.2 Å². The maximum atomic E-state index is 13.3. The number of rotatable bonds is 6. The van der Waals surface area contributed by atoms with Gasteiger partial charge < -0.3 is 9.64 Å². The maximum absolute atomic E-state index is 13.3. The number of nitrogens with zero attached hydrogens (tertiary/aromatic N) is 3. The van der Waals surface area contributed by atoms with Gasteiger partial charge in [-0.1, -0.05) is 6.07 Å². The molecule has 38 heavy (non-hydrogen) atoms. The lowest BCUT2D eigenvalue weighted by Gasteiger charge is -2.43. The highest BCUT2D eigenvalue weighted by Gasteiger charge is 2.43. The first kappa shape index (κ1) is 25.8. The number of carbonyl (C=O) groups is 2. The summed E-state index contributed by atoms with van der Waals surface area (Å²) in [4.78, 5) is 49.8.